The van der Waals surface area contributed by atoms with Crippen LogP contribution in [0, 0.1) is 0 Å². The lowest BCUT2D eigenvalue weighted by atomic mass is 10.1. The van der Waals surface area contributed by atoms with Crippen LogP contribution in [0.1, 0.15) is 16.1 Å². The van der Waals surface area contributed by atoms with Gasteiger partial charge in [-0.1, -0.05) is 42.5 Å². The molecule has 0 spiro atoms. The van der Waals surface area contributed by atoms with E-state index in [0.29, 0.717) is 17.1 Å². The lowest BCUT2D eigenvalue weighted by molar-refractivity contribution is 0.0950. The molecule has 1 amide bonds. The third kappa shape index (κ3) is 4.92. The van der Waals surface area contributed by atoms with Crippen LogP contribution in [-0.4, -0.2) is 29.4 Å². The molecule has 27 heavy (non-hydrogen) atoms. The summed E-state index contributed by atoms with van der Waals surface area (Å²) in [5, 5.41) is 10.8. The first-order valence-electron chi connectivity index (χ1n) is 8.12. The number of rotatable bonds is 6. The molecule has 136 valence electrons. The van der Waals surface area contributed by atoms with E-state index in [1.807, 2.05) is 60.7 Å². The minimum atomic E-state index is -0.389. The van der Waals surface area contributed by atoms with E-state index in [1.165, 1.54) is 6.21 Å². The molecule has 0 saturated heterocycles. The van der Waals surface area contributed by atoms with Crippen LogP contribution in [0.3, 0.4) is 0 Å². The maximum absolute atomic E-state index is 12.2. The number of aromatic amines is 1. The number of hydrogen-bond acceptors (Lipinski definition) is 4. The molecule has 2 aromatic carbocycles. The lowest BCUT2D eigenvalue weighted by Gasteiger charge is -2.04. The van der Waals surface area contributed by atoms with Gasteiger partial charge < -0.3 is 4.74 Å². The molecule has 0 aliphatic rings. The standard InChI is InChI=1S/C20H17BrN4O2/c1-27-19-10-6-5-9-16(19)17-12-18(24-23-17)20(26)25-22-13-15(21)11-14-7-3-2-4-8-14/h2-13H,1H3,(H,23,24)(H,25,26)/b15-11-,22-13-. The van der Waals surface area contributed by atoms with Gasteiger partial charge in [-0.25, -0.2) is 5.43 Å². The summed E-state index contributed by atoms with van der Waals surface area (Å²) in [4.78, 5) is 12.2. The molecule has 0 bridgehead atoms. The number of halogens is 1. The van der Waals surface area contributed by atoms with Gasteiger partial charge in [0.25, 0.3) is 5.91 Å². The quantitative estimate of drug-likeness (QED) is 0.458. The number of hydrogen-bond donors (Lipinski definition) is 2. The Kier molecular flexibility index (Phi) is 6.17. The van der Waals surface area contributed by atoms with Crippen LogP contribution < -0.4 is 10.2 Å². The second kappa shape index (κ2) is 8.95. The van der Waals surface area contributed by atoms with Gasteiger partial charge in [-0.15, -0.1) is 0 Å². The molecule has 0 atom stereocenters. The van der Waals surface area contributed by atoms with E-state index in [4.69, 9.17) is 4.74 Å². The molecule has 2 N–H and O–H groups in total. The summed E-state index contributed by atoms with van der Waals surface area (Å²) in [5.74, 6) is 0.295. The molecule has 3 aromatic rings. The van der Waals surface area contributed by atoms with Crippen LogP contribution in [-0.2, 0) is 0 Å². The van der Waals surface area contributed by atoms with Gasteiger partial charge in [0.1, 0.15) is 11.4 Å². The number of nitrogens with one attached hydrogen (secondary N) is 2. The first kappa shape index (κ1) is 18.6. The van der Waals surface area contributed by atoms with Gasteiger partial charge in [-0.3, -0.25) is 9.89 Å². The largest absolute Gasteiger partial charge is 0.496 e. The van der Waals surface area contributed by atoms with Crippen molar-refractivity contribution >= 4 is 34.1 Å². The molecule has 6 nitrogen and oxygen atoms in total. The highest BCUT2D eigenvalue weighted by molar-refractivity contribution is 9.12. The Morgan fingerprint density at radius 3 is 2.70 bits per heavy atom. The first-order valence-corrected chi connectivity index (χ1v) is 8.91. The average Bonchev–Trinajstić information content (AvgIpc) is 3.19. The Bertz CT molecular complexity index is 980. The van der Waals surface area contributed by atoms with Gasteiger partial charge in [0.15, 0.2) is 0 Å². The molecule has 1 aromatic heterocycles. The monoisotopic (exact) mass is 424 g/mol. The molecule has 7 heteroatoms. The average molecular weight is 425 g/mol. The zero-order valence-corrected chi connectivity index (χ0v) is 16.1. The summed E-state index contributed by atoms with van der Waals surface area (Å²) >= 11 is 3.40. The van der Waals surface area contributed by atoms with E-state index in [1.54, 1.807) is 13.2 Å². The number of H-pyrrole nitrogens is 1. The van der Waals surface area contributed by atoms with E-state index in [2.05, 4.69) is 36.7 Å². The Balaban J connectivity index is 1.65. The topological polar surface area (TPSA) is 79.4 Å². The molecule has 0 unspecified atom stereocenters. The molecule has 0 aliphatic heterocycles. The fraction of sp³-hybridized carbons (Fsp3) is 0.0500. The highest BCUT2D eigenvalue weighted by Gasteiger charge is 2.13. The Labute approximate surface area is 165 Å². The fourth-order valence-corrected chi connectivity index (χ4v) is 2.76. The van der Waals surface area contributed by atoms with E-state index in [-0.39, 0.29) is 5.91 Å². The van der Waals surface area contributed by atoms with Crippen molar-refractivity contribution in [1.82, 2.24) is 15.6 Å². The highest BCUT2D eigenvalue weighted by Crippen LogP contribution is 2.28. The number of carbonyl (C=O) groups is 1. The van der Waals surface area contributed by atoms with Crippen LogP contribution in [0.25, 0.3) is 17.3 Å². The first-order chi connectivity index (χ1) is 13.2. The van der Waals surface area contributed by atoms with Gasteiger partial charge >= 0.3 is 0 Å². The fourth-order valence-electron chi connectivity index (χ4n) is 2.39. The van der Waals surface area contributed by atoms with E-state index in [9.17, 15) is 4.79 Å². The van der Waals surface area contributed by atoms with Crippen LogP contribution in [0.4, 0.5) is 0 Å². The molecule has 1 heterocycles. The molecule has 0 radical (unpaired) electrons. The van der Waals surface area contributed by atoms with E-state index < -0.39 is 0 Å². The third-order valence-corrected chi connectivity index (χ3v) is 4.10. The highest BCUT2D eigenvalue weighted by atomic mass is 79.9. The summed E-state index contributed by atoms with van der Waals surface area (Å²) < 4.78 is 6.05. The number of allylic oxidation sites excluding steroid dienone is 1. The van der Waals surface area contributed by atoms with Gasteiger partial charge in [0.2, 0.25) is 0 Å². The molecule has 0 aliphatic carbocycles. The normalized spacial score (nSPS) is 11.6. The Morgan fingerprint density at radius 2 is 1.93 bits per heavy atom. The van der Waals surface area contributed by atoms with Gasteiger partial charge in [0, 0.05) is 10.0 Å². The van der Waals surface area contributed by atoms with Crippen molar-refractivity contribution in [3.05, 3.63) is 76.4 Å². The molecule has 3 rings (SSSR count). The summed E-state index contributed by atoms with van der Waals surface area (Å²) in [6.45, 7) is 0. The van der Waals surface area contributed by atoms with E-state index in [0.717, 1.165) is 15.6 Å². The number of carbonyl (C=O) groups excluding carboxylic acids is 1. The number of hydrazone groups is 1. The lowest BCUT2D eigenvalue weighted by Crippen LogP contribution is -2.17. The maximum Gasteiger partial charge on any atom is 0.289 e. The number of amides is 1. The van der Waals surface area contributed by atoms with Gasteiger partial charge in [0.05, 0.1) is 19.0 Å². The van der Waals surface area contributed by atoms with Crippen molar-refractivity contribution in [2.75, 3.05) is 7.11 Å². The second-order valence-electron chi connectivity index (χ2n) is 5.51. The van der Waals surface area contributed by atoms with Crippen molar-refractivity contribution in [2.45, 2.75) is 0 Å². The van der Waals surface area contributed by atoms with Crippen LogP contribution in [0.15, 0.2) is 70.2 Å². The van der Waals surface area contributed by atoms with E-state index >= 15 is 0 Å². The number of para-hydroxylation sites is 1. The van der Waals surface area contributed by atoms with Crippen molar-refractivity contribution in [1.29, 1.82) is 0 Å². The summed E-state index contributed by atoms with van der Waals surface area (Å²) in [7, 11) is 1.59. The number of methoxy groups -OCH3 is 1. The third-order valence-electron chi connectivity index (χ3n) is 3.66. The van der Waals surface area contributed by atoms with Crippen molar-refractivity contribution in [2.24, 2.45) is 5.10 Å². The van der Waals surface area contributed by atoms with Crippen molar-refractivity contribution in [3.8, 4) is 17.0 Å². The number of nitrogens with zero attached hydrogens (tertiary/aromatic N) is 2. The molecule has 0 saturated carbocycles. The predicted octanol–water partition coefficient (Wildman–Crippen LogP) is 4.24. The summed E-state index contributed by atoms with van der Waals surface area (Å²) in [6.07, 6.45) is 3.41. The Morgan fingerprint density at radius 1 is 1.19 bits per heavy atom. The maximum atomic E-state index is 12.2. The van der Waals surface area contributed by atoms with Crippen LogP contribution >= 0.6 is 15.9 Å². The number of ether oxygens (including phenoxy) is 1. The van der Waals surface area contributed by atoms with Crippen molar-refractivity contribution < 1.29 is 9.53 Å². The second-order valence-corrected chi connectivity index (χ2v) is 6.42. The minimum Gasteiger partial charge on any atom is -0.496 e. The molecular weight excluding hydrogens is 408 g/mol. The van der Waals surface area contributed by atoms with Crippen molar-refractivity contribution in [3.63, 3.8) is 0 Å². The zero-order chi connectivity index (χ0) is 19.1. The summed E-state index contributed by atoms with van der Waals surface area (Å²) in [5.41, 5.74) is 5.21. The van der Waals surface area contributed by atoms with Gasteiger partial charge in [-0.2, -0.15) is 10.2 Å². The predicted molar refractivity (Wildman–Crippen MR) is 110 cm³/mol. The Hall–Kier alpha value is -3.19. The van der Waals surface area contributed by atoms with Crippen LogP contribution in [0.5, 0.6) is 5.75 Å². The summed E-state index contributed by atoms with van der Waals surface area (Å²) in [6, 6.07) is 18.9. The molecule has 0 fully saturated rings. The smallest absolute Gasteiger partial charge is 0.289 e. The van der Waals surface area contributed by atoms with Crippen LogP contribution in [0.2, 0.25) is 0 Å². The SMILES string of the molecule is COc1ccccc1-c1cc(C(=O)N/N=C\C(Br)=C\c2ccccc2)[nH]n1. The van der Waals surface area contributed by atoms with Gasteiger partial charge in [-0.05, 0) is 45.8 Å². The number of benzene rings is 2. The number of aromatic nitrogens is 2. The zero-order valence-electron chi connectivity index (χ0n) is 14.5. The minimum absolute atomic E-state index is 0.302. The molecular formula is C20H17BrN4O2.